The Morgan fingerprint density at radius 2 is 1.86 bits per heavy atom. The van der Waals surface area contributed by atoms with Crippen LogP contribution in [0, 0.1) is 0 Å². The Hall–Kier alpha value is -4.47. The van der Waals surface area contributed by atoms with Crippen LogP contribution in [0.1, 0.15) is 32.0 Å². The minimum Gasteiger partial charge on any atom is -0.340 e. The van der Waals surface area contributed by atoms with Gasteiger partial charge in [-0.3, -0.25) is 14.2 Å². The van der Waals surface area contributed by atoms with Gasteiger partial charge in [-0.25, -0.2) is 9.97 Å². The molecule has 0 saturated heterocycles. The number of nitrogens with one attached hydrogen (secondary N) is 3. The first-order valence-electron chi connectivity index (χ1n) is 11.7. The zero-order valence-electron chi connectivity index (χ0n) is 21.0. The molecule has 0 radical (unpaired) electrons. The van der Waals surface area contributed by atoms with E-state index in [4.69, 9.17) is 0 Å². The molecule has 4 heterocycles. The molecule has 5 rings (SSSR count). The van der Waals surface area contributed by atoms with E-state index in [9.17, 15) is 4.79 Å². The van der Waals surface area contributed by atoms with Crippen LogP contribution < -0.4 is 10.6 Å². The second-order valence-electron chi connectivity index (χ2n) is 9.91. The summed E-state index contributed by atoms with van der Waals surface area (Å²) in [5.74, 6) is 1.29. The number of benzene rings is 1. The number of aromatic nitrogens is 7. The standard InChI is InChI=1S/C26H29N9O/c1-26(2,3)21-12-22(35(5)33-21)32-23(36)10-16-6-8-18(9-7-16)30-24-19-11-20(17-13-29-34(4)14-17)31-25(19)28-15-27-24/h6-9,11-15H,10H2,1-5H3,(H,32,36)(H2,27,28,30,31). The molecule has 1 amide bonds. The molecule has 10 heteroatoms. The van der Waals surface area contributed by atoms with E-state index in [0.29, 0.717) is 11.6 Å². The lowest BCUT2D eigenvalue weighted by Gasteiger charge is -2.13. The minimum atomic E-state index is -0.0908. The van der Waals surface area contributed by atoms with Gasteiger partial charge in [0.15, 0.2) is 0 Å². The smallest absolute Gasteiger partial charge is 0.229 e. The molecule has 3 N–H and O–H groups in total. The van der Waals surface area contributed by atoms with Crippen molar-refractivity contribution in [3.63, 3.8) is 0 Å². The van der Waals surface area contributed by atoms with Crippen LogP contribution in [0.2, 0.25) is 0 Å². The van der Waals surface area contributed by atoms with Gasteiger partial charge in [-0.15, -0.1) is 0 Å². The Morgan fingerprint density at radius 1 is 1.08 bits per heavy atom. The SMILES string of the molecule is Cn1cc(-c2cc3c(Nc4ccc(CC(=O)Nc5cc(C(C)(C)C)nn5C)cc4)ncnc3[nH]2)cn1. The van der Waals surface area contributed by atoms with Gasteiger partial charge >= 0.3 is 0 Å². The molecule has 0 aliphatic carbocycles. The van der Waals surface area contributed by atoms with E-state index in [0.717, 1.165) is 39.2 Å². The van der Waals surface area contributed by atoms with Crippen LogP contribution >= 0.6 is 0 Å². The number of fused-ring (bicyclic) bond motifs is 1. The van der Waals surface area contributed by atoms with Crippen LogP contribution in [0.5, 0.6) is 0 Å². The number of hydrogen-bond donors (Lipinski definition) is 3. The van der Waals surface area contributed by atoms with Gasteiger partial charge in [-0.2, -0.15) is 10.2 Å². The molecule has 4 aromatic heterocycles. The summed E-state index contributed by atoms with van der Waals surface area (Å²) in [6.07, 6.45) is 5.53. The van der Waals surface area contributed by atoms with Crippen molar-refractivity contribution >= 4 is 34.3 Å². The monoisotopic (exact) mass is 483 g/mol. The van der Waals surface area contributed by atoms with E-state index in [2.05, 4.69) is 56.6 Å². The van der Waals surface area contributed by atoms with Gasteiger partial charge in [-0.1, -0.05) is 32.9 Å². The van der Waals surface area contributed by atoms with Crippen molar-refractivity contribution in [3.8, 4) is 11.3 Å². The summed E-state index contributed by atoms with van der Waals surface area (Å²) in [6, 6.07) is 11.7. The summed E-state index contributed by atoms with van der Waals surface area (Å²) < 4.78 is 3.46. The highest BCUT2D eigenvalue weighted by Crippen LogP contribution is 2.28. The maximum absolute atomic E-state index is 12.6. The number of rotatable bonds is 6. The Bertz CT molecular complexity index is 1530. The summed E-state index contributed by atoms with van der Waals surface area (Å²) in [7, 11) is 3.72. The van der Waals surface area contributed by atoms with Crippen LogP contribution in [-0.4, -0.2) is 40.4 Å². The summed E-state index contributed by atoms with van der Waals surface area (Å²) >= 11 is 0. The number of aromatic amines is 1. The predicted octanol–water partition coefficient (Wildman–Crippen LogP) is 4.31. The highest BCUT2D eigenvalue weighted by molar-refractivity contribution is 5.93. The molecule has 0 aliphatic rings. The van der Waals surface area contributed by atoms with E-state index in [1.807, 2.05) is 56.7 Å². The van der Waals surface area contributed by atoms with Crippen LogP contribution in [0.15, 0.2) is 55.1 Å². The average molecular weight is 484 g/mol. The molecular formula is C26H29N9O. The average Bonchev–Trinajstić information content (AvgIpc) is 3.54. The maximum atomic E-state index is 12.6. The van der Waals surface area contributed by atoms with E-state index < -0.39 is 0 Å². The fourth-order valence-corrected chi connectivity index (χ4v) is 3.92. The number of amides is 1. The van der Waals surface area contributed by atoms with Crippen molar-refractivity contribution < 1.29 is 4.79 Å². The van der Waals surface area contributed by atoms with Crippen molar-refractivity contribution in [1.82, 2.24) is 34.5 Å². The van der Waals surface area contributed by atoms with Crippen molar-refractivity contribution in [1.29, 1.82) is 0 Å². The first-order valence-corrected chi connectivity index (χ1v) is 11.7. The fourth-order valence-electron chi connectivity index (χ4n) is 3.92. The van der Waals surface area contributed by atoms with Gasteiger partial charge in [0, 0.05) is 43.0 Å². The highest BCUT2D eigenvalue weighted by Gasteiger charge is 2.19. The molecule has 0 atom stereocenters. The molecule has 184 valence electrons. The Balaban J connectivity index is 1.27. The quantitative estimate of drug-likeness (QED) is 0.331. The van der Waals surface area contributed by atoms with E-state index in [1.54, 1.807) is 15.6 Å². The van der Waals surface area contributed by atoms with Gasteiger partial charge < -0.3 is 15.6 Å². The third-order valence-electron chi connectivity index (χ3n) is 5.94. The van der Waals surface area contributed by atoms with Crippen molar-refractivity contribution in [2.24, 2.45) is 14.1 Å². The fraction of sp³-hybridized carbons (Fsp3) is 0.269. The summed E-state index contributed by atoms with van der Waals surface area (Å²) in [5, 5.41) is 15.9. The molecule has 36 heavy (non-hydrogen) atoms. The van der Waals surface area contributed by atoms with E-state index in [1.165, 1.54) is 6.33 Å². The summed E-state index contributed by atoms with van der Waals surface area (Å²) in [5.41, 5.74) is 5.26. The Kier molecular flexibility index (Phi) is 5.79. The minimum absolute atomic E-state index is 0.0838. The summed E-state index contributed by atoms with van der Waals surface area (Å²) in [6.45, 7) is 6.29. The zero-order valence-corrected chi connectivity index (χ0v) is 21.0. The molecule has 0 spiro atoms. The second kappa shape index (κ2) is 8.95. The Morgan fingerprint density at radius 3 is 2.53 bits per heavy atom. The number of nitrogens with zero attached hydrogens (tertiary/aromatic N) is 6. The third kappa shape index (κ3) is 4.83. The van der Waals surface area contributed by atoms with Crippen molar-refractivity contribution in [3.05, 3.63) is 66.4 Å². The molecule has 0 unspecified atom stereocenters. The molecule has 0 bridgehead atoms. The van der Waals surface area contributed by atoms with Crippen molar-refractivity contribution in [2.45, 2.75) is 32.6 Å². The van der Waals surface area contributed by atoms with Gasteiger partial charge in [0.05, 0.1) is 29.4 Å². The number of carbonyl (C=O) groups excluding carboxylic acids is 1. The largest absolute Gasteiger partial charge is 0.340 e. The van der Waals surface area contributed by atoms with Crippen LogP contribution in [0.25, 0.3) is 22.3 Å². The molecular weight excluding hydrogens is 454 g/mol. The molecule has 0 aliphatic heterocycles. The van der Waals surface area contributed by atoms with E-state index in [-0.39, 0.29) is 17.7 Å². The first kappa shape index (κ1) is 23.3. The van der Waals surface area contributed by atoms with Gasteiger partial charge in [0.1, 0.15) is 23.6 Å². The molecule has 0 fully saturated rings. The number of H-pyrrole nitrogens is 1. The van der Waals surface area contributed by atoms with E-state index >= 15 is 0 Å². The topological polar surface area (TPSA) is 118 Å². The molecule has 10 nitrogen and oxygen atoms in total. The van der Waals surface area contributed by atoms with Gasteiger partial charge in [0.2, 0.25) is 5.91 Å². The second-order valence-corrected chi connectivity index (χ2v) is 9.91. The molecule has 5 aromatic rings. The number of hydrogen-bond acceptors (Lipinski definition) is 6. The lowest BCUT2D eigenvalue weighted by molar-refractivity contribution is -0.115. The maximum Gasteiger partial charge on any atom is 0.229 e. The van der Waals surface area contributed by atoms with Crippen LogP contribution in [-0.2, 0) is 30.7 Å². The molecule has 0 saturated carbocycles. The Labute approximate surface area is 208 Å². The van der Waals surface area contributed by atoms with Crippen molar-refractivity contribution in [2.75, 3.05) is 10.6 Å². The van der Waals surface area contributed by atoms with Gasteiger partial charge in [0.25, 0.3) is 0 Å². The lowest BCUT2D eigenvalue weighted by Crippen LogP contribution is -2.16. The third-order valence-corrected chi connectivity index (χ3v) is 5.94. The zero-order chi connectivity index (χ0) is 25.4. The van der Waals surface area contributed by atoms with Gasteiger partial charge in [-0.05, 0) is 23.8 Å². The van der Waals surface area contributed by atoms with Crippen LogP contribution in [0.3, 0.4) is 0 Å². The number of anilines is 3. The lowest BCUT2D eigenvalue weighted by atomic mass is 9.92. The predicted molar refractivity (Wildman–Crippen MR) is 140 cm³/mol. The normalized spacial score (nSPS) is 11.7. The summed E-state index contributed by atoms with van der Waals surface area (Å²) in [4.78, 5) is 24.7. The number of aryl methyl sites for hydroxylation is 2. The number of carbonyl (C=O) groups is 1. The highest BCUT2D eigenvalue weighted by atomic mass is 16.1. The first-order chi connectivity index (χ1) is 17.2. The van der Waals surface area contributed by atoms with Crippen LogP contribution in [0.4, 0.5) is 17.3 Å². The molecule has 1 aromatic carbocycles.